The highest BCUT2D eigenvalue weighted by Crippen LogP contribution is 2.39. The van der Waals surface area contributed by atoms with Gasteiger partial charge in [-0.3, -0.25) is 9.69 Å². The van der Waals surface area contributed by atoms with E-state index in [-0.39, 0.29) is 11.3 Å². The first-order valence-corrected chi connectivity index (χ1v) is 6.86. The van der Waals surface area contributed by atoms with Gasteiger partial charge in [0.05, 0.1) is 5.69 Å². The van der Waals surface area contributed by atoms with Gasteiger partial charge in [0.2, 0.25) is 5.91 Å². The van der Waals surface area contributed by atoms with Crippen LogP contribution < -0.4 is 4.90 Å². The van der Waals surface area contributed by atoms with Crippen LogP contribution in [0.15, 0.2) is 34.5 Å². The number of anilines is 1. The van der Waals surface area contributed by atoms with E-state index in [0.29, 0.717) is 0 Å². The molecule has 0 saturated heterocycles. The summed E-state index contributed by atoms with van der Waals surface area (Å²) in [5.74, 6) is 0.0233. The molecule has 1 unspecified atom stereocenters. The number of rotatable bonds is 0. The van der Waals surface area contributed by atoms with E-state index < -0.39 is 0 Å². The molecule has 0 radical (unpaired) electrons. The quantitative estimate of drug-likeness (QED) is 0.724. The standard InChI is InChI=1S/C13H14N4OS/c1-8(18)17-10-7-5-4-6-9(10)11-12(17)19-13(15-14-11)16(2)3/h4-7,12H,1-3H3. The summed E-state index contributed by atoms with van der Waals surface area (Å²) in [7, 11) is 3.85. The number of amidine groups is 1. The van der Waals surface area contributed by atoms with Crippen LogP contribution in [0.4, 0.5) is 5.69 Å². The highest BCUT2D eigenvalue weighted by molar-refractivity contribution is 8.15. The largest absolute Gasteiger partial charge is 0.356 e. The van der Waals surface area contributed by atoms with E-state index in [1.54, 1.807) is 23.6 Å². The first-order chi connectivity index (χ1) is 9.09. The Morgan fingerprint density at radius 3 is 2.74 bits per heavy atom. The number of carbonyl (C=O) groups is 1. The highest BCUT2D eigenvalue weighted by Gasteiger charge is 2.41. The summed E-state index contributed by atoms with van der Waals surface area (Å²) in [5, 5.41) is 9.24. The average molecular weight is 274 g/mol. The van der Waals surface area contributed by atoms with Crippen LogP contribution in [-0.4, -0.2) is 41.2 Å². The van der Waals surface area contributed by atoms with Gasteiger partial charge in [0.1, 0.15) is 11.1 Å². The van der Waals surface area contributed by atoms with Gasteiger partial charge in [-0.05, 0) is 6.07 Å². The van der Waals surface area contributed by atoms with Crippen LogP contribution in [0.1, 0.15) is 12.5 Å². The fourth-order valence-electron chi connectivity index (χ4n) is 2.24. The molecular weight excluding hydrogens is 260 g/mol. The van der Waals surface area contributed by atoms with Crippen LogP contribution in [-0.2, 0) is 4.79 Å². The maximum absolute atomic E-state index is 11.9. The van der Waals surface area contributed by atoms with Gasteiger partial charge in [-0.2, -0.15) is 0 Å². The summed E-state index contributed by atoms with van der Waals surface area (Å²) < 4.78 is 0. The number of hydrogen-bond donors (Lipinski definition) is 0. The van der Waals surface area contributed by atoms with E-state index in [4.69, 9.17) is 0 Å². The summed E-state index contributed by atoms with van der Waals surface area (Å²) >= 11 is 1.55. The molecule has 3 rings (SSSR count). The zero-order valence-corrected chi connectivity index (χ0v) is 11.8. The van der Waals surface area contributed by atoms with E-state index >= 15 is 0 Å². The summed E-state index contributed by atoms with van der Waals surface area (Å²) in [4.78, 5) is 15.6. The molecule has 2 aliphatic rings. The van der Waals surface area contributed by atoms with Crippen LogP contribution in [0.3, 0.4) is 0 Å². The minimum Gasteiger partial charge on any atom is -0.356 e. The van der Waals surface area contributed by atoms with Gasteiger partial charge in [-0.15, -0.1) is 10.2 Å². The minimum absolute atomic E-state index is 0.0233. The zero-order chi connectivity index (χ0) is 13.6. The molecule has 98 valence electrons. The number of carbonyl (C=O) groups excluding carboxylic acids is 1. The molecule has 19 heavy (non-hydrogen) atoms. The van der Waals surface area contributed by atoms with E-state index in [2.05, 4.69) is 10.2 Å². The van der Waals surface area contributed by atoms with Gasteiger partial charge < -0.3 is 4.90 Å². The third kappa shape index (κ3) is 1.83. The van der Waals surface area contributed by atoms with Crippen molar-refractivity contribution in [3.8, 4) is 0 Å². The van der Waals surface area contributed by atoms with Gasteiger partial charge in [0, 0.05) is 26.6 Å². The number of thioether (sulfide) groups is 1. The number of amides is 1. The molecule has 6 heteroatoms. The van der Waals surface area contributed by atoms with Crippen LogP contribution in [0, 0.1) is 0 Å². The van der Waals surface area contributed by atoms with E-state index in [1.165, 1.54) is 0 Å². The van der Waals surface area contributed by atoms with Crippen molar-refractivity contribution in [2.75, 3.05) is 19.0 Å². The van der Waals surface area contributed by atoms with Gasteiger partial charge in [0.25, 0.3) is 0 Å². The predicted molar refractivity (Wildman–Crippen MR) is 78.6 cm³/mol. The second-order valence-electron chi connectivity index (χ2n) is 4.64. The van der Waals surface area contributed by atoms with Gasteiger partial charge in [0.15, 0.2) is 5.17 Å². The Labute approximate surface area is 116 Å². The molecule has 1 amide bonds. The Morgan fingerprint density at radius 1 is 1.32 bits per heavy atom. The van der Waals surface area contributed by atoms with Crippen LogP contribution >= 0.6 is 11.8 Å². The molecule has 0 fully saturated rings. The lowest BCUT2D eigenvalue weighted by atomic mass is 10.1. The molecule has 0 spiro atoms. The molecule has 1 atom stereocenters. The first-order valence-electron chi connectivity index (χ1n) is 5.98. The summed E-state index contributed by atoms with van der Waals surface area (Å²) in [5.41, 5.74) is 2.78. The summed E-state index contributed by atoms with van der Waals surface area (Å²) in [6, 6.07) is 7.83. The Balaban J connectivity index is 2.11. The lowest BCUT2D eigenvalue weighted by molar-refractivity contribution is -0.116. The van der Waals surface area contributed by atoms with Gasteiger partial charge in [-0.25, -0.2) is 0 Å². The second kappa shape index (κ2) is 4.38. The van der Waals surface area contributed by atoms with Crippen molar-refractivity contribution >= 4 is 34.2 Å². The molecule has 0 bridgehead atoms. The maximum atomic E-state index is 11.9. The number of hydrogen-bond acceptors (Lipinski definition) is 5. The molecule has 1 aromatic rings. The van der Waals surface area contributed by atoms with Crippen molar-refractivity contribution < 1.29 is 4.79 Å². The van der Waals surface area contributed by atoms with Crippen molar-refractivity contribution in [2.24, 2.45) is 10.2 Å². The Hall–Kier alpha value is -1.82. The number of para-hydroxylation sites is 1. The Morgan fingerprint density at radius 2 is 2.05 bits per heavy atom. The zero-order valence-electron chi connectivity index (χ0n) is 11.0. The van der Waals surface area contributed by atoms with Crippen molar-refractivity contribution in [1.82, 2.24) is 4.90 Å². The monoisotopic (exact) mass is 274 g/mol. The summed E-state index contributed by atoms with van der Waals surface area (Å²) in [6.07, 6.45) is 0. The first kappa shape index (κ1) is 12.2. The van der Waals surface area contributed by atoms with Crippen LogP contribution in [0.25, 0.3) is 0 Å². The number of nitrogens with zero attached hydrogens (tertiary/aromatic N) is 4. The molecular formula is C13H14N4OS. The van der Waals surface area contributed by atoms with Crippen molar-refractivity contribution in [3.05, 3.63) is 29.8 Å². The van der Waals surface area contributed by atoms with Crippen molar-refractivity contribution in [3.63, 3.8) is 0 Å². The second-order valence-corrected chi connectivity index (χ2v) is 5.69. The average Bonchev–Trinajstić information content (AvgIpc) is 2.72. The van der Waals surface area contributed by atoms with Gasteiger partial charge >= 0.3 is 0 Å². The Kier molecular flexibility index (Phi) is 2.82. The Bertz CT molecular complexity index is 608. The van der Waals surface area contributed by atoms with Crippen LogP contribution in [0.5, 0.6) is 0 Å². The van der Waals surface area contributed by atoms with Crippen molar-refractivity contribution in [2.45, 2.75) is 12.3 Å². The van der Waals surface area contributed by atoms with E-state index in [9.17, 15) is 4.79 Å². The molecule has 0 aromatic heterocycles. The van der Waals surface area contributed by atoms with Crippen molar-refractivity contribution in [1.29, 1.82) is 0 Å². The molecule has 2 aliphatic heterocycles. The minimum atomic E-state index is -0.107. The fourth-order valence-corrected chi connectivity index (χ4v) is 3.40. The number of benzene rings is 1. The number of fused-ring (bicyclic) bond motifs is 3. The fraction of sp³-hybridized carbons (Fsp3) is 0.308. The molecule has 0 aliphatic carbocycles. The molecule has 1 aromatic carbocycles. The maximum Gasteiger partial charge on any atom is 0.225 e. The highest BCUT2D eigenvalue weighted by atomic mass is 32.2. The normalized spacial score (nSPS) is 20.4. The van der Waals surface area contributed by atoms with Crippen LogP contribution in [0.2, 0.25) is 0 Å². The van der Waals surface area contributed by atoms with E-state index in [0.717, 1.165) is 22.1 Å². The third-order valence-corrected chi connectivity index (χ3v) is 4.41. The predicted octanol–water partition coefficient (Wildman–Crippen LogP) is 1.75. The van der Waals surface area contributed by atoms with E-state index in [1.807, 2.05) is 43.3 Å². The third-order valence-electron chi connectivity index (χ3n) is 3.09. The lowest BCUT2D eigenvalue weighted by Gasteiger charge is -2.27. The molecule has 0 saturated carbocycles. The topological polar surface area (TPSA) is 48.3 Å². The SMILES string of the molecule is CC(=O)N1c2ccccc2C2=NN=C(N(C)C)SC21. The smallest absolute Gasteiger partial charge is 0.225 e. The molecule has 5 nitrogen and oxygen atoms in total. The summed E-state index contributed by atoms with van der Waals surface area (Å²) in [6.45, 7) is 1.58. The molecule has 2 heterocycles. The molecule has 0 N–H and O–H groups in total. The van der Waals surface area contributed by atoms with Gasteiger partial charge in [-0.1, -0.05) is 30.0 Å². The lowest BCUT2D eigenvalue weighted by Crippen LogP contribution is -2.40.